The van der Waals surface area contributed by atoms with Crippen LogP contribution in [0.25, 0.3) is 27.6 Å². The second kappa shape index (κ2) is 5.90. The molecule has 0 aliphatic carbocycles. The molecule has 0 N–H and O–H groups in total. The number of carbonyl (C=O) groups excluding carboxylic acids is 1. The molecule has 0 amide bonds. The van der Waals surface area contributed by atoms with E-state index < -0.39 is 0 Å². The van der Waals surface area contributed by atoms with Crippen molar-refractivity contribution < 1.29 is 14.3 Å². The van der Waals surface area contributed by atoms with E-state index in [1.807, 2.05) is 41.0 Å². The van der Waals surface area contributed by atoms with E-state index in [0.717, 1.165) is 28.1 Å². The Morgan fingerprint density at radius 1 is 1.00 bits per heavy atom. The molecule has 6 heteroatoms. The maximum absolute atomic E-state index is 11.4. The van der Waals surface area contributed by atoms with Gasteiger partial charge in [0.2, 0.25) is 0 Å². The van der Waals surface area contributed by atoms with E-state index in [2.05, 4.69) is 9.97 Å². The second-order valence-electron chi connectivity index (χ2n) is 5.51. The normalized spacial score (nSPS) is 11.0. The van der Waals surface area contributed by atoms with Crippen LogP contribution >= 0.6 is 0 Å². The summed E-state index contributed by atoms with van der Waals surface area (Å²) in [7, 11) is 3.17. The Morgan fingerprint density at radius 3 is 2.52 bits per heavy atom. The van der Waals surface area contributed by atoms with Crippen molar-refractivity contribution in [1.29, 1.82) is 0 Å². The van der Waals surface area contributed by atoms with Gasteiger partial charge in [0.05, 0.1) is 25.3 Å². The molecular formula is C19H15N3O3. The van der Waals surface area contributed by atoms with Crippen molar-refractivity contribution in [1.82, 2.24) is 14.5 Å². The van der Waals surface area contributed by atoms with Crippen LogP contribution in [-0.4, -0.2) is 35.0 Å². The summed E-state index contributed by atoms with van der Waals surface area (Å²) in [6, 6.07) is 11.4. The summed E-state index contributed by atoms with van der Waals surface area (Å²) in [6.07, 6.45) is 4.14. The first-order chi connectivity index (χ1) is 12.3. The van der Waals surface area contributed by atoms with Crippen molar-refractivity contribution in [3.63, 3.8) is 0 Å². The molecule has 6 nitrogen and oxygen atoms in total. The summed E-state index contributed by atoms with van der Waals surface area (Å²) in [5.74, 6) is 1.87. The van der Waals surface area contributed by atoms with Gasteiger partial charge in [0, 0.05) is 28.6 Å². The number of benzene rings is 2. The lowest BCUT2D eigenvalue weighted by atomic mass is 10.2. The summed E-state index contributed by atoms with van der Waals surface area (Å²) >= 11 is 0. The largest absolute Gasteiger partial charge is 0.493 e. The van der Waals surface area contributed by atoms with Gasteiger partial charge in [0.25, 0.3) is 0 Å². The number of aromatic nitrogens is 3. The van der Waals surface area contributed by atoms with E-state index in [-0.39, 0.29) is 0 Å². The van der Waals surface area contributed by atoms with Crippen LogP contribution in [0.1, 0.15) is 10.4 Å². The molecule has 0 bridgehead atoms. The van der Waals surface area contributed by atoms with Crippen molar-refractivity contribution in [2.24, 2.45) is 0 Å². The summed E-state index contributed by atoms with van der Waals surface area (Å²) in [5, 5.41) is 1.68. The molecule has 0 saturated heterocycles. The van der Waals surface area contributed by atoms with E-state index in [1.165, 1.54) is 6.33 Å². The van der Waals surface area contributed by atoms with E-state index >= 15 is 0 Å². The Kier molecular flexibility index (Phi) is 3.57. The van der Waals surface area contributed by atoms with Crippen LogP contribution in [0.15, 0.2) is 48.9 Å². The number of fused-ring (bicyclic) bond motifs is 2. The highest BCUT2D eigenvalue weighted by atomic mass is 16.5. The first-order valence-electron chi connectivity index (χ1n) is 7.69. The maximum atomic E-state index is 11.4. The molecule has 25 heavy (non-hydrogen) atoms. The fourth-order valence-electron chi connectivity index (χ4n) is 3.04. The number of nitrogens with zero attached hydrogens (tertiary/aromatic N) is 3. The highest BCUT2D eigenvalue weighted by molar-refractivity contribution is 5.99. The van der Waals surface area contributed by atoms with Gasteiger partial charge in [-0.2, -0.15) is 0 Å². The standard InChI is InChI=1S/C19H15N3O3/c1-24-17-7-14-15(8-18(17)25-2)20-11-21-19(14)22-9-12(10-23)13-5-3-4-6-16(13)22/h3-11H,1-2H3. The third-order valence-electron chi connectivity index (χ3n) is 4.22. The monoisotopic (exact) mass is 333 g/mol. The topological polar surface area (TPSA) is 66.2 Å². The molecule has 0 aliphatic rings. The molecule has 4 rings (SSSR count). The Morgan fingerprint density at radius 2 is 1.76 bits per heavy atom. The van der Waals surface area contributed by atoms with Crippen LogP contribution in [0.5, 0.6) is 11.5 Å². The Bertz CT molecular complexity index is 1100. The summed E-state index contributed by atoms with van der Waals surface area (Å²) in [4.78, 5) is 20.2. The third-order valence-corrected chi connectivity index (χ3v) is 4.22. The summed E-state index contributed by atoms with van der Waals surface area (Å²) in [5.41, 5.74) is 2.25. The zero-order valence-electron chi connectivity index (χ0n) is 13.8. The van der Waals surface area contributed by atoms with Gasteiger partial charge in [0.1, 0.15) is 12.1 Å². The molecule has 0 spiro atoms. The fourth-order valence-corrected chi connectivity index (χ4v) is 3.04. The lowest BCUT2D eigenvalue weighted by molar-refractivity contribution is 0.112. The van der Waals surface area contributed by atoms with E-state index in [1.54, 1.807) is 20.4 Å². The van der Waals surface area contributed by atoms with Gasteiger partial charge in [-0.3, -0.25) is 9.36 Å². The van der Waals surface area contributed by atoms with Crippen LogP contribution in [-0.2, 0) is 0 Å². The second-order valence-corrected chi connectivity index (χ2v) is 5.51. The molecule has 4 aromatic rings. The minimum Gasteiger partial charge on any atom is -0.493 e. The van der Waals surface area contributed by atoms with Gasteiger partial charge >= 0.3 is 0 Å². The first-order valence-corrected chi connectivity index (χ1v) is 7.69. The van der Waals surface area contributed by atoms with E-state index in [4.69, 9.17) is 9.47 Å². The van der Waals surface area contributed by atoms with Crippen LogP contribution in [0.4, 0.5) is 0 Å². The number of para-hydroxylation sites is 1. The minimum absolute atomic E-state index is 0.595. The molecular weight excluding hydrogens is 318 g/mol. The van der Waals surface area contributed by atoms with Crippen LogP contribution in [0.2, 0.25) is 0 Å². The quantitative estimate of drug-likeness (QED) is 0.536. The average Bonchev–Trinajstić information content (AvgIpc) is 3.05. The zero-order chi connectivity index (χ0) is 17.4. The number of rotatable bonds is 4. The maximum Gasteiger partial charge on any atom is 0.162 e. The van der Waals surface area contributed by atoms with Crippen molar-refractivity contribution in [2.75, 3.05) is 14.2 Å². The highest BCUT2D eigenvalue weighted by Crippen LogP contribution is 2.34. The smallest absolute Gasteiger partial charge is 0.162 e. The molecule has 2 aromatic carbocycles. The third kappa shape index (κ3) is 2.30. The number of hydrogen-bond donors (Lipinski definition) is 0. The summed E-state index contributed by atoms with van der Waals surface area (Å²) in [6.45, 7) is 0. The highest BCUT2D eigenvalue weighted by Gasteiger charge is 2.15. The number of ether oxygens (including phenoxy) is 2. The fraction of sp³-hybridized carbons (Fsp3) is 0.105. The van der Waals surface area contributed by atoms with Gasteiger partial charge in [-0.05, 0) is 12.1 Å². The predicted molar refractivity (Wildman–Crippen MR) is 94.9 cm³/mol. The van der Waals surface area contributed by atoms with Crippen molar-refractivity contribution in [2.45, 2.75) is 0 Å². The molecule has 0 atom stereocenters. The molecule has 0 unspecified atom stereocenters. The number of methoxy groups -OCH3 is 2. The summed E-state index contributed by atoms with van der Waals surface area (Å²) < 4.78 is 12.6. The van der Waals surface area contributed by atoms with E-state index in [0.29, 0.717) is 22.9 Å². The average molecular weight is 333 g/mol. The van der Waals surface area contributed by atoms with Gasteiger partial charge in [-0.15, -0.1) is 0 Å². The lowest BCUT2D eigenvalue weighted by Gasteiger charge is -2.12. The number of carbonyl (C=O) groups is 1. The minimum atomic E-state index is 0.595. The van der Waals surface area contributed by atoms with Crippen LogP contribution in [0, 0.1) is 0 Å². The molecule has 2 heterocycles. The van der Waals surface area contributed by atoms with Gasteiger partial charge in [0.15, 0.2) is 17.8 Å². The Hall–Kier alpha value is -3.41. The zero-order valence-corrected chi connectivity index (χ0v) is 13.8. The van der Waals surface area contributed by atoms with Crippen molar-refractivity contribution in [3.8, 4) is 17.3 Å². The molecule has 2 aromatic heterocycles. The lowest BCUT2D eigenvalue weighted by Crippen LogP contribution is -2.00. The molecule has 124 valence electrons. The predicted octanol–water partition coefficient (Wildman–Crippen LogP) is 3.40. The molecule has 0 saturated carbocycles. The van der Waals surface area contributed by atoms with Crippen molar-refractivity contribution in [3.05, 3.63) is 54.5 Å². The van der Waals surface area contributed by atoms with Crippen LogP contribution in [0.3, 0.4) is 0 Å². The number of aldehydes is 1. The van der Waals surface area contributed by atoms with Crippen molar-refractivity contribution >= 4 is 28.1 Å². The molecule has 0 aliphatic heterocycles. The first kappa shape index (κ1) is 15.1. The van der Waals surface area contributed by atoms with E-state index in [9.17, 15) is 4.79 Å². The molecule has 0 fully saturated rings. The van der Waals surface area contributed by atoms with Gasteiger partial charge in [-0.1, -0.05) is 18.2 Å². The Labute approximate surface area is 143 Å². The van der Waals surface area contributed by atoms with Gasteiger partial charge in [-0.25, -0.2) is 9.97 Å². The Balaban J connectivity index is 2.06. The van der Waals surface area contributed by atoms with Crippen LogP contribution < -0.4 is 9.47 Å². The number of hydrogen-bond acceptors (Lipinski definition) is 5. The van der Waals surface area contributed by atoms with Gasteiger partial charge < -0.3 is 9.47 Å². The molecule has 0 radical (unpaired) electrons. The SMILES string of the molecule is COc1cc2ncnc(-n3cc(C=O)c4ccccc43)c2cc1OC.